The van der Waals surface area contributed by atoms with Gasteiger partial charge in [0, 0.05) is 31.9 Å². The van der Waals surface area contributed by atoms with E-state index in [0.717, 1.165) is 24.3 Å². The topological polar surface area (TPSA) is 61.5 Å². The largest absolute Gasteiger partial charge is 0.372 e. The van der Waals surface area contributed by atoms with Crippen molar-refractivity contribution < 1.29 is 5.11 Å². The summed E-state index contributed by atoms with van der Waals surface area (Å²) in [5.74, 6) is 0. The standard InChI is InChI=1S/C11H17N3O/c12-7-9-3-1-2-4-10(9)14-6-5-13-8-11(14)15/h1-4,11,13,15H,5-8,12H2. The smallest absolute Gasteiger partial charge is 0.139 e. The summed E-state index contributed by atoms with van der Waals surface area (Å²) in [5.41, 5.74) is 7.81. The van der Waals surface area contributed by atoms with E-state index in [-0.39, 0.29) is 0 Å². The van der Waals surface area contributed by atoms with E-state index in [1.165, 1.54) is 0 Å². The van der Waals surface area contributed by atoms with Gasteiger partial charge in [-0.1, -0.05) is 18.2 Å². The zero-order valence-electron chi connectivity index (χ0n) is 8.69. The SMILES string of the molecule is NCc1ccccc1N1CCNCC1O. The highest BCUT2D eigenvalue weighted by Crippen LogP contribution is 2.22. The molecule has 1 atom stereocenters. The summed E-state index contributed by atoms with van der Waals surface area (Å²) >= 11 is 0. The lowest BCUT2D eigenvalue weighted by Gasteiger charge is -2.35. The van der Waals surface area contributed by atoms with Crippen molar-refractivity contribution in [3.05, 3.63) is 29.8 Å². The first-order valence-electron chi connectivity index (χ1n) is 5.26. The van der Waals surface area contributed by atoms with Crippen molar-refractivity contribution >= 4 is 5.69 Å². The lowest BCUT2D eigenvalue weighted by Crippen LogP contribution is -2.51. The first-order chi connectivity index (χ1) is 7.33. The van der Waals surface area contributed by atoms with Gasteiger partial charge in [0.15, 0.2) is 0 Å². The van der Waals surface area contributed by atoms with Crippen molar-refractivity contribution in [1.82, 2.24) is 5.32 Å². The Morgan fingerprint density at radius 2 is 2.27 bits per heavy atom. The Kier molecular flexibility index (Phi) is 3.20. The van der Waals surface area contributed by atoms with Gasteiger partial charge in [0.05, 0.1) is 0 Å². The number of benzene rings is 1. The number of hydrogen-bond donors (Lipinski definition) is 3. The summed E-state index contributed by atoms with van der Waals surface area (Å²) in [6.45, 7) is 2.83. The second-order valence-electron chi connectivity index (χ2n) is 3.71. The van der Waals surface area contributed by atoms with E-state index in [4.69, 9.17) is 5.73 Å². The number of piperazine rings is 1. The molecule has 4 N–H and O–H groups in total. The third kappa shape index (κ3) is 2.12. The molecule has 4 nitrogen and oxygen atoms in total. The van der Waals surface area contributed by atoms with Crippen LogP contribution in [0.4, 0.5) is 5.69 Å². The van der Waals surface area contributed by atoms with Crippen molar-refractivity contribution in [3.8, 4) is 0 Å². The summed E-state index contributed by atoms with van der Waals surface area (Å²) < 4.78 is 0. The molecule has 1 aromatic carbocycles. The maximum absolute atomic E-state index is 9.86. The molecule has 0 bridgehead atoms. The Balaban J connectivity index is 2.26. The van der Waals surface area contributed by atoms with Crippen LogP contribution in [-0.2, 0) is 6.54 Å². The van der Waals surface area contributed by atoms with Crippen LogP contribution < -0.4 is 16.0 Å². The molecular formula is C11H17N3O. The molecule has 2 rings (SSSR count). The fourth-order valence-corrected chi connectivity index (χ4v) is 1.93. The first kappa shape index (κ1) is 10.4. The number of para-hydroxylation sites is 1. The Morgan fingerprint density at radius 1 is 1.47 bits per heavy atom. The molecule has 15 heavy (non-hydrogen) atoms. The molecule has 0 aliphatic carbocycles. The predicted octanol–water partition coefficient (Wildman–Crippen LogP) is -0.127. The second kappa shape index (κ2) is 4.61. The molecule has 4 heteroatoms. The van der Waals surface area contributed by atoms with Gasteiger partial charge in [0.2, 0.25) is 0 Å². The number of rotatable bonds is 2. The molecule has 0 amide bonds. The highest BCUT2D eigenvalue weighted by molar-refractivity contribution is 5.54. The third-order valence-electron chi connectivity index (χ3n) is 2.74. The highest BCUT2D eigenvalue weighted by atomic mass is 16.3. The summed E-state index contributed by atoms with van der Waals surface area (Å²) in [4.78, 5) is 2.00. The lowest BCUT2D eigenvalue weighted by atomic mass is 10.1. The van der Waals surface area contributed by atoms with Gasteiger partial charge in [-0.15, -0.1) is 0 Å². The summed E-state index contributed by atoms with van der Waals surface area (Å²) in [6.07, 6.45) is -0.452. The molecule has 1 aliphatic heterocycles. The number of β-amino-alcohol motifs (C(OH)–C–C–N with tert-alkyl or cyclic N) is 1. The Morgan fingerprint density at radius 3 is 3.00 bits per heavy atom. The van der Waals surface area contributed by atoms with E-state index in [1.54, 1.807) is 0 Å². The number of hydrogen-bond acceptors (Lipinski definition) is 4. The van der Waals surface area contributed by atoms with Crippen LogP contribution in [0.5, 0.6) is 0 Å². The Hall–Kier alpha value is -1.10. The highest BCUT2D eigenvalue weighted by Gasteiger charge is 2.21. The lowest BCUT2D eigenvalue weighted by molar-refractivity contribution is 0.151. The fourth-order valence-electron chi connectivity index (χ4n) is 1.93. The van der Waals surface area contributed by atoms with Gasteiger partial charge in [0.25, 0.3) is 0 Å². The van der Waals surface area contributed by atoms with Crippen LogP contribution in [0.3, 0.4) is 0 Å². The van der Waals surface area contributed by atoms with Crippen molar-refractivity contribution in [3.63, 3.8) is 0 Å². The molecule has 1 saturated heterocycles. The zero-order valence-corrected chi connectivity index (χ0v) is 8.69. The molecule has 1 unspecified atom stereocenters. The third-order valence-corrected chi connectivity index (χ3v) is 2.74. The molecule has 82 valence electrons. The summed E-state index contributed by atoms with van der Waals surface area (Å²) in [5, 5.41) is 13.0. The van der Waals surface area contributed by atoms with E-state index in [0.29, 0.717) is 13.1 Å². The number of aliphatic hydroxyl groups is 1. The normalized spacial score (nSPS) is 21.7. The minimum absolute atomic E-state index is 0.452. The molecule has 0 saturated carbocycles. The Labute approximate surface area is 89.7 Å². The van der Waals surface area contributed by atoms with Gasteiger partial charge in [-0.25, -0.2) is 0 Å². The predicted molar refractivity (Wildman–Crippen MR) is 60.6 cm³/mol. The van der Waals surface area contributed by atoms with Crippen LogP contribution in [0.1, 0.15) is 5.56 Å². The maximum Gasteiger partial charge on any atom is 0.139 e. The summed E-state index contributed by atoms with van der Waals surface area (Å²) in [6, 6.07) is 7.96. The van der Waals surface area contributed by atoms with Crippen LogP contribution >= 0.6 is 0 Å². The average Bonchev–Trinajstić information content (AvgIpc) is 2.30. The van der Waals surface area contributed by atoms with Gasteiger partial charge in [0.1, 0.15) is 6.23 Å². The van der Waals surface area contributed by atoms with Gasteiger partial charge < -0.3 is 21.1 Å². The van der Waals surface area contributed by atoms with Gasteiger partial charge >= 0.3 is 0 Å². The van der Waals surface area contributed by atoms with E-state index >= 15 is 0 Å². The number of nitrogens with one attached hydrogen (secondary N) is 1. The van der Waals surface area contributed by atoms with Gasteiger partial charge in [-0.3, -0.25) is 0 Å². The summed E-state index contributed by atoms with van der Waals surface area (Å²) in [7, 11) is 0. The minimum atomic E-state index is -0.452. The number of nitrogens with zero attached hydrogens (tertiary/aromatic N) is 1. The molecule has 1 fully saturated rings. The quantitative estimate of drug-likeness (QED) is 0.632. The zero-order chi connectivity index (χ0) is 10.7. The molecule has 1 heterocycles. The Bertz CT molecular complexity index is 329. The molecule has 0 radical (unpaired) electrons. The van der Waals surface area contributed by atoms with Crippen LogP contribution in [0.2, 0.25) is 0 Å². The van der Waals surface area contributed by atoms with E-state index in [9.17, 15) is 5.11 Å². The van der Waals surface area contributed by atoms with Crippen molar-refractivity contribution in [2.24, 2.45) is 5.73 Å². The molecular weight excluding hydrogens is 190 g/mol. The minimum Gasteiger partial charge on any atom is -0.372 e. The van der Waals surface area contributed by atoms with E-state index in [2.05, 4.69) is 5.32 Å². The van der Waals surface area contributed by atoms with Crippen LogP contribution in [0, 0.1) is 0 Å². The van der Waals surface area contributed by atoms with Crippen LogP contribution in [0.15, 0.2) is 24.3 Å². The van der Waals surface area contributed by atoms with E-state index in [1.807, 2.05) is 29.2 Å². The second-order valence-corrected chi connectivity index (χ2v) is 3.71. The molecule has 0 aromatic heterocycles. The average molecular weight is 207 g/mol. The number of anilines is 1. The van der Waals surface area contributed by atoms with Gasteiger partial charge in [-0.2, -0.15) is 0 Å². The molecule has 1 aromatic rings. The fraction of sp³-hybridized carbons (Fsp3) is 0.455. The maximum atomic E-state index is 9.86. The van der Waals surface area contributed by atoms with Crippen molar-refractivity contribution in [1.29, 1.82) is 0 Å². The number of aliphatic hydroxyl groups excluding tert-OH is 1. The first-order valence-corrected chi connectivity index (χ1v) is 5.26. The van der Waals surface area contributed by atoms with Crippen molar-refractivity contribution in [2.45, 2.75) is 12.8 Å². The van der Waals surface area contributed by atoms with Gasteiger partial charge in [-0.05, 0) is 11.6 Å². The van der Waals surface area contributed by atoms with E-state index < -0.39 is 6.23 Å². The molecule has 1 aliphatic rings. The number of nitrogens with two attached hydrogens (primary N) is 1. The molecule has 0 spiro atoms. The van der Waals surface area contributed by atoms with Crippen LogP contribution in [-0.4, -0.2) is 31.0 Å². The monoisotopic (exact) mass is 207 g/mol. The van der Waals surface area contributed by atoms with Crippen LogP contribution in [0.25, 0.3) is 0 Å². The van der Waals surface area contributed by atoms with Crippen molar-refractivity contribution in [2.75, 3.05) is 24.5 Å².